The Bertz CT molecular complexity index is 587. The zero-order valence-electron chi connectivity index (χ0n) is 20.1. The SMILES string of the molecule is CCCCCCCCCCC(CCCCCCC(=O)O)OC(=O)COCc1ccccc1. The summed E-state index contributed by atoms with van der Waals surface area (Å²) in [6.07, 6.45) is 15.5. The molecule has 0 aliphatic rings. The van der Waals surface area contributed by atoms with Gasteiger partial charge >= 0.3 is 11.9 Å². The van der Waals surface area contributed by atoms with Crippen molar-refractivity contribution in [3.63, 3.8) is 0 Å². The molecule has 0 spiro atoms. The highest BCUT2D eigenvalue weighted by molar-refractivity contribution is 5.70. The first-order valence-corrected chi connectivity index (χ1v) is 12.6. The Hall–Kier alpha value is -1.88. The second-order valence-corrected chi connectivity index (χ2v) is 8.70. The summed E-state index contributed by atoms with van der Waals surface area (Å²) in [4.78, 5) is 22.9. The van der Waals surface area contributed by atoms with E-state index in [0.29, 0.717) is 13.0 Å². The summed E-state index contributed by atoms with van der Waals surface area (Å²) in [6, 6.07) is 9.80. The summed E-state index contributed by atoms with van der Waals surface area (Å²) in [5, 5.41) is 8.73. The van der Waals surface area contributed by atoms with Crippen LogP contribution in [0.15, 0.2) is 30.3 Å². The summed E-state index contributed by atoms with van der Waals surface area (Å²) in [5.41, 5.74) is 1.04. The van der Waals surface area contributed by atoms with Gasteiger partial charge < -0.3 is 14.6 Å². The van der Waals surface area contributed by atoms with Crippen molar-refractivity contribution >= 4 is 11.9 Å². The zero-order valence-corrected chi connectivity index (χ0v) is 20.1. The van der Waals surface area contributed by atoms with Gasteiger partial charge in [0.05, 0.1) is 6.61 Å². The molecule has 182 valence electrons. The molecule has 5 nitrogen and oxygen atoms in total. The zero-order chi connectivity index (χ0) is 23.3. The quantitative estimate of drug-likeness (QED) is 0.161. The van der Waals surface area contributed by atoms with Gasteiger partial charge in [-0.25, -0.2) is 4.79 Å². The number of unbranched alkanes of at least 4 members (excludes halogenated alkanes) is 10. The van der Waals surface area contributed by atoms with Gasteiger partial charge in [0.1, 0.15) is 12.7 Å². The molecule has 1 aromatic carbocycles. The van der Waals surface area contributed by atoms with Gasteiger partial charge in [0.15, 0.2) is 0 Å². The second-order valence-electron chi connectivity index (χ2n) is 8.70. The van der Waals surface area contributed by atoms with E-state index in [1.165, 1.54) is 44.9 Å². The summed E-state index contributed by atoms with van der Waals surface area (Å²) in [6.45, 7) is 2.62. The van der Waals surface area contributed by atoms with E-state index in [2.05, 4.69) is 6.92 Å². The van der Waals surface area contributed by atoms with Crippen LogP contribution in [0.25, 0.3) is 0 Å². The van der Waals surface area contributed by atoms with Crippen LogP contribution in [0.5, 0.6) is 0 Å². The highest BCUT2D eigenvalue weighted by Gasteiger charge is 2.14. The molecule has 0 bridgehead atoms. The first-order chi connectivity index (χ1) is 15.6. The Morgan fingerprint density at radius 2 is 1.38 bits per heavy atom. The Balaban J connectivity index is 2.27. The Morgan fingerprint density at radius 3 is 1.97 bits per heavy atom. The van der Waals surface area contributed by atoms with Crippen LogP contribution in [0.3, 0.4) is 0 Å². The predicted molar refractivity (Wildman–Crippen MR) is 129 cm³/mol. The molecule has 32 heavy (non-hydrogen) atoms. The van der Waals surface area contributed by atoms with Crippen molar-refractivity contribution in [2.45, 2.75) is 116 Å². The van der Waals surface area contributed by atoms with E-state index < -0.39 is 5.97 Å². The van der Waals surface area contributed by atoms with Gasteiger partial charge in [0, 0.05) is 6.42 Å². The van der Waals surface area contributed by atoms with Crippen molar-refractivity contribution in [3.05, 3.63) is 35.9 Å². The fraction of sp³-hybridized carbons (Fsp3) is 0.704. The number of hydrogen-bond donors (Lipinski definition) is 1. The molecule has 0 fully saturated rings. The molecule has 1 atom stereocenters. The van der Waals surface area contributed by atoms with Crippen LogP contribution in [0.1, 0.15) is 109 Å². The number of carbonyl (C=O) groups is 2. The first-order valence-electron chi connectivity index (χ1n) is 12.6. The highest BCUT2D eigenvalue weighted by atomic mass is 16.6. The number of esters is 1. The van der Waals surface area contributed by atoms with E-state index in [1.807, 2.05) is 30.3 Å². The van der Waals surface area contributed by atoms with Crippen LogP contribution in [0, 0.1) is 0 Å². The largest absolute Gasteiger partial charge is 0.481 e. The lowest BCUT2D eigenvalue weighted by atomic mass is 10.0. The molecule has 0 aliphatic heterocycles. The number of carboxylic acids is 1. The molecular weight excluding hydrogens is 404 g/mol. The summed E-state index contributed by atoms with van der Waals surface area (Å²) in [7, 11) is 0. The van der Waals surface area contributed by atoms with Crippen LogP contribution in [0.4, 0.5) is 0 Å². The smallest absolute Gasteiger partial charge is 0.332 e. The number of carbonyl (C=O) groups excluding carboxylic acids is 1. The normalized spacial score (nSPS) is 11.9. The molecule has 1 aromatic rings. The van der Waals surface area contributed by atoms with E-state index in [0.717, 1.165) is 44.1 Å². The molecule has 0 radical (unpaired) electrons. The van der Waals surface area contributed by atoms with Crippen molar-refractivity contribution in [3.8, 4) is 0 Å². The van der Waals surface area contributed by atoms with Crippen molar-refractivity contribution in [2.75, 3.05) is 6.61 Å². The van der Waals surface area contributed by atoms with Gasteiger partial charge in [0.2, 0.25) is 0 Å². The summed E-state index contributed by atoms with van der Waals surface area (Å²) in [5.74, 6) is -1.03. The Labute approximate surface area is 194 Å². The van der Waals surface area contributed by atoms with Crippen LogP contribution in [-0.4, -0.2) is 29.8 Å². The first kappa shape index (κ1) is 28.2. The van der Waals surface area contributed by atoms with Crippen molar-refractivity contribution < 1.29 is 24.2 Å². The number of ether oxygens (including phenoxy) is 2. The molecule has 0 aliphatic carbocycles. The van der Waals surface area contributed by atoms with Crippen LogP contribution in [-0.2, 0) is 25.7 Å². The lowest BCUT2D eigenvalue weighted by Crippen LogP contribution is -2.22. The summed E-state index contributed by atoms with van der Waals surface area (Å²) >= 11 is 0. The van der Waals surface area contributed by atoms with Gasteiger partial charge in [-0.05, 0) is 37.7 Å². The topological polar surface area (TPSA) is 72.8 Å². The minimum atomic E-state index is -0.734. The molecule has 5 heteroatoms. The maximum atomic E-state index is 12.3. The van der Waals surface area contributed by atoms with E-state index in [-0.39, 0.29) is 25.1 Å². The molecular formula is C27H44O5. The molecule has 1 unspecified atom stereocenters. The third-order valence-corrected chi connectivity index (χ3v) is 5.68. The third kappa shape index (κ3) is 16.8. The standard InChI is InChI=1S/C27H44O5/c1-2-3-4-5-6-7-8-14-19-25(20-15-9-10-16-21-26(28)29)32-27(30)23-31-22-24-17-12-11-13-18-24/h11-13,17-18,25H,2-10,14-16,19-23H2,1H3,(H,28,29). The van der Waals surface area contributed by atoms with Crippen molar-refractivity contribution in [1.29, 1.82) is 0 Å². The molecule has 0 amide bonds. The predicted octanol–water partition coefficient (Wildman–Crippen LogP) is 7.07. The maximum Gasteiger partial charge on any atom is 0.332 e. The van der Waals surface area contributed by atoms with Gasteiger partial charge in [0.25, 0.3) is 0 Å². The maximum absolute atomic E-state index is 12.3. The Morgan fingerprint density at radius 1 is 0.812 bits per heavy atom. The van der Waals surface area contributed by atoms with Crippen molar-refractivity contribution in [1.82, 2.24) is 0 Å². The molecule has 0 saturated heterocycles. The number of benzene rings is 1. The van der Waals surface area contributed by atoms with E-state index in [4.69, 9.17) is 14.6 Å². The monoisotopic (exact) mass is 448 g/mol. The lowest BCUT2D eigenvalue weighted by Gasteiger charge is -2.18. The molecule has 1 rings (SSSR count). The molecule has 1 N–H and O–H groups in total. The van der Waals surface area contributed by atoms with Crippen LogP contribution < -0.4 is 0 Å². The number of rotatable bonds is 21. The van der Waals surface area contributed by atoms with E-state index in [9.17, 15) is 9.59 Å². The second kappa shape index (κ2) is 19.8. The van der Waals surface area contributed by atoms with Crippen LogP contribution in [0.2, 0.25) is 0 Å². The lowest BCUT2D eigenvalue weighted by molar-refractivity contribution is -0.155. The summed E-state index contributed by atoms with van der Waals surface area (Å²) < 4.78 is 11.3. The third-order valence-electron chi connectivity index (χ3n) is 5.68. The van der Waals surface area contributed by atoms with E-state index >= 15 is 0 Å². The fourth-order valence-corrected chi connectivity index (χ4v) is 3.82. The minimum absolute atomic E-state index is 0.0264. The molecule has 0 saturated carbocycles. The minimum Gasteiger partial charge on any atom is -0.481 e. The molecule has 0 heterocycles. The number of carboxylic acid groups (broad SMARTS) is 1. The Kier molecular flexibility index (Phi) is 17.4. The molecule has 0 aromatic heterocycles. The average Bonchev–Trinajstić information content (AvgIpc) is 2.78. The number of hydrogen-bond acceptors (Lipinski definition) is 4. The number of aliphatic carboxylic acids is 1. The van der Waals surface area contributed by atoms with Gasteiger partial charge in [-0.3, -0.25) is 4.79 Å². The fourth-order valence-electron chi connectivity index (χ4n) is 3.82. The highest BCUT2D eigenvalue weighted by Crippen LogP contribution is 2.17. The van der Waals surface area contributed by atoms with Gasteiger partial charge in [-0.15, -0.1) is 0 Å². The van der Waals surface area contributed by atoms with Gasteiger partial charge in [-0.1, -0.05) is 95.0 Å². The van der Waals surface area contributed by atoms with Gasteiger partial charge in [-0.2, -0.15) is 0 Å². The average molecular weight is 449 g/mol. The van der Waals surface area contributed by atoms with Crippen LogP contribution >= 0.6 is 0 Å². The van der Waals surface area contributed by atoms with Crippen molar-refractivity contribution in [2.24, 2.45) is 0 Å². The van der Waals surface area contributed by atoms with E-state index in [1.54, 1.807) is 0 Å².